The van der Waals surface area contributed by atoms with Crippen LogP contribution in [0.2, 0.25) is 0 Å². The van der Waals surface area contributed by atoms with E-state index in [-0.39, 0.29) is 5.82 Å². The van der Waals surface area contributed by atoms with Crippen molar-refractivity contribution in [3.63, 3.8) is 0 Å². The molecule has 0 amide bonds. The van der Waals surface area contributed by atoms with E-state index in [1.165, 1.54) is 17.2 Å². The number of aliphatic hydroxyl groups excluding tert-OH is 1. The fraction of sp³-hybridized carbons (Fsp3) is 0.333. The van der Waals surface area contributed by atoms with Crippen LogP contribution >= 0.6 is 0 Å². The molecule has 0 unspecified atom stereocenters. The first-order valence-electron chi connectivity index (χ1n) is 7.14. The minimum Gasteiger partial charge on any atom is -0.389 e. The molecule has 0 spiro atoms. The van der Waals surface area contributed by atoms with Crippen LogP contribution in [0.3, 0.4) is 0 Å². The standard InChI is InChI=1S/C18H22FNO/c1-12-7-5-6-8-15(12)11-20(4)18-9-13(2)17(19)10-16(18)14(3)21/h5-10,14,21H,11H2,1-4H3/t14-/m0/s1. The summed E-state index contributed by atoms with van der Waals surface area (Å²) in [6.07, 6.45) is -0.700. The van der Waals surface area contributed by atoms with Crippen molar-refractivity contribution < 1.29 is 9.50 Å². The lowest BCUT2D eigenvalue weighted by atomic mass is 10.0. The molecule has 2 aromatic rings. The predicted molar refractivity (Wildman–Crippen MR) is 85.1 cm³/mol. The predicted octanol–water partition coefficient (Wildman–Crippen LogP) is 4.13. The number of nitrogens with zero attached hydrogens (tertiary/aromatic N) is 1. The van der Waals surface area contributed by atoms with Gasteiger partial charge >= 0.3 is 0 Å². The maximum absolute atomic E-state index is 13.7. The van der Waals surface area contributed by atoms with E-state index in [0.717, 1.165) is 12.2 Å². The van der Waals surface area contributed by atoms with E-state index in [0.29, 0.717) is 11.1 Å². The highest BCUT2D eigenvalue weighted by Gasteiger charge is 2.15. The van der Waals surface area contributed by atoms with Crippen LogP contribution < -0.4 is 4.90 Å². The molecule has 0 aliphatic rings. The maximum atomic E-state index is 13.7. The Morgan fingerprint density at radius 2 is 1.81 bits per heavy atom. The first kappa shape index (κ1) is 15.5. The summed E-state index contributed by atoms with van der Waals surface area (Å²) in [6.45, 7) is 6.20. The van der Waals surface area contributed by atoms with Crippen molar-refractivity contribution in [1.29, 1.82) is 0 Å². The third kappa shape index (κ3) is 3.42. The smallest absolute Gasteiger partial charge is 0.126 e. The second-order valence-electron chi connectivity index (χ2n) is 5.62. The van der Waals surface area contributed by atoms with E-state index in [9.17, 15) is 9.50 Å². The molecule has 2 rings (SSSR count). The molecule has 2 aromatic carbocycles. The molecule has 21 heavy (non-hydrogen) atoms. The second kappa shape index (κ2) is 6.27. The van der Waals surface area contributed by atoms with Crippen molar-refractivity contribution in [3.8, 4) is 0 Å². The van der Waals surface area contributed by atoms with Crippen LogP contribution in [0.15, 0.2) is 36.4 Å². The molecule has 1 N–H and O–H groups in total. The van der Waals surface area contributed by atoms with Crippen LogP contribution in [0.1, 0.15) is 35.3 Å². The van der Waals surface area contributed by atoms with Crippen LogP contribution in [0, 0.1) is 19.7 Å². The molecule has 112 valence electrons. The van der Waals surface area contributed by atoms with Gasteiger partial charge in [0.25, 0.3) is 0 Å². The number of hydrogen-bond acceptors (Lipinski definition) is 2. The third-order valence-electron chi connectivity index (χ3n) is 3.84. The van der Waals surface area contributed by atoms with E-state index in [1.54, 1.807) is 19.9 Å². The maximum Gasteiger partial charge on any atom is 0.126 e. The highest BCUT2D eigenvalue weighted by molar-refractivity contribution is 5.56. The summed E-state index contributed by atoms with van der Waals surface area (Å²) in [5, 5.41) is 9.90. The van der Waals surface area contributed by atoms with Gasteiger partial charge in [0.1, 0.15) is 5.82 Å². The zero-order valence-electron chi connectivity index (χ0n) is 13.0. The Morgan fingerprint density at radius 3 is 2.43 bits per heavy atom. The molecule has 0 heterocycles. The van der Waals surface area contributed by atoms with Gasteiger partial charge in [-0.1, -0.05) is 24.3 Å². The zero-order valence-corrected chi connectivity index (χ0v) is 13.0. The minimum atomic E-state index is -0.700. The molecule has 0 aliphatic heterocycles. The van der Waals surface area contributed by atoms with E-state index in [2.05, 4.69) is 24.0 Å². The quantitative estimate of drug-likeness (QED) is 0.914. The van der Waals surface area contributed by atoms with Gasteiger partial charge in [-0.15, -0.1) is 0 Å². The molecule has 2 nitrogen and oxygen atoms in total. The summed E-state index contributed by atoms with van der Waals surface area (Å²) in [4.78, 5) is 2.05. The number of hydrogen-bond donors (Lipinski definition) is 1. The monoisotopic (exact) mass is 287 g/mol. The van der Waals surface area contributed by atoms with Gasteiger partial charge in [0.15, 0.2) is 0 Å². The van der Waals surface area contributed by atoms with Gasteiger partial charge in [0.05, 0.1) is 6.10 Å². The Balaban J connectivity index is 2.37. The summed E-state index contributed by atoms with van der Waals surface area (Å²) < 4.78 is 13.7. The van der Waals surface area contributed by atoms with E-state index in [1.807, 2.05) is 19.2 Å². The van der Waals surface area contributed by atoms with Crippen LogP contribution in [0.4, 0.5) is 10.1 Å². The molecule has 3 heteroatoms. The Kier molecular flexibility index (Phi) is 4.63. The molecule has 0 bridgehead atoms. The fourth-order valence-electron chi connectivity index (χ4n) is 2.48. The summed E-state index contributed by atoms with van der Waals surface area (Å²) in [7, 11) is 1.96. The molecular weight excluding hydrogens is 265 g/mol. The van der Waals surface area contributed by atoms with Gasteiger partial charge < -0.3 is 10.0 Å². The molecule has 0 fully saturated rings. The zero-order chi connectivity index (χ0) is 15.6. The SMILES string of the molecule is Cc1cc(N(C)Cc2ccccc2C)c([C@H](C)O)cc1F. The lowest BCUT2D eigenvalue weighted by Crippen LogP contribution is -2.19. The Hall–Kier alpha value is -1.87. The van der Waals surface area contributed by atoms with E-state index >= 15 is 0 Å². The summed E-state index contributed by atoms with van der Waals surface area (Å²) >= 11 is 0. The second-order valence-corrected chi connectivity index (χ2v) is 5.62. The van der Waals surface area contributed by atoms with Crippen LogP contribution in [-0.4, -0.2) is 12.2 Å². The highest BCUT2D eigenvalue weighted by Crippen LogP contribution is 2.29. The normalized spacial score (nSPS) is 12.3. The number of anilines is 1. The van der Waals surface area contributed by atoms with Crippen molar-refractivity contribution in [3.05, 3.63) is 64.5 Å². The molecule has 0 saturated heterocycles. The molecule has 0 saturated carbocycles. The number of halogens is 1. The van der Waals surface area contributed by atoms with Gasteiger partial charge in [0.2, 0.25) is 0 Å². The highest BCUT2D eigenvalue weighted by atomic mass is 19.1. The van der Waals surface area contributed by atoms with Gasteiger partial charge in [-0.05, 0) is 49.6 Å². The van der Waals surface area contributed by atoms with E-state index < -0.39 is 6.10 Å². The van der Waals surface area contributed by atoms with E-state index in [4.69, 9.17) is 0 Å². The first-order valence-corrected chi connectivity index (χ1v) is 7.14. The minimum absolute atomic E-state index is 0.279. The number of rotatable bonds is 4. The average molecular weight is 287 g/mol. The number of aryl methyl sites for hydroxylation is 2. The van der Waals surface area contributed by atoms with Gasteiger partial charge in [0, 0.05) is 24.8 Å². The fourth-order valence-corrected chi connectivity index (χ4v) is 2.48. The average Bonchev–Trinajstić information content (AvgIpc) is 2.43. The van der Waals surface area contributed by atoms with Gasteiger partial charge in [-0.2, -0.15) is 0 Å². The molecule has 0 aliphatic carbocycles. The topological polar surface area (TPSA) is 23.5 Å². The lowest BCUT2D eigenvalue weighted by Gasteiger charge is -2.25. The lowest BCUT2D eigenvalue weighted by molar-refractivity contribution is 0.199. The van der Waals surface area contributed by atoms with Gasteiger partial charge in [-0.3, -0.25) is 0 Å². The van der Waals surface area contributed by atoms with Crippen molar-refractivity contribution in [2.75, 3.05) is 11.9 Å². The number of benzene rings is 2. The first-order chi connectivity index (χ1) is 9.90. The van der Waals surface area contributed by atoms with Crippen LogP contribution in [-0.2, 0) is 6.54 Å². The van der Waals surface area contributed by atoms with Crippen molar-refractivity contribution in [2.24, 2.45) is 0 Å². The van der Waals surface area contributed by atoms with Crippen molar-refractivity contribution in [2.45, 2.75) is 33.4 Å². The Labute approximate surface area is 125 Å². The number of aliphatic hydroxyl groups is 1. The Bertz CT molecular complexity index is 637. The van der Waals surface area contributed by atoms with Crippen LogP contribution in [0.5, 0.6) is 0 Å². The van der Waals surface area contributed by atoms with Crippen LogP contribution in [0.25, 0.3) is 0 Å². The molecular formula is C18H22FNO. The van der Waals surface area contributed by atoms with Crippen molar-refractivity contribution >= 4 is 5.69 Å². The molecule has 1 atom stereocenters. The molecule has 0 aromatic heterocycles. The molecule has 0 radical (unpaired) electrons. The Morgan fingerprint density at radius 1 is 1.14 bits per heavy atom. The third-order valence-corrected chi connectivity index (χ3v) is 3.84. The summed E-state index contributed by atoms with van der Waals surface area (Å²) in [6, 6.07) is 11.4. The summed E-state index contributed by atoms with van der Waals surface area (Å²) in [5.41, 5.74) is 4.52. The van der Waals surface area contributed by atoms with Crippen molar-refractivity contribution in [1.82, 2.24) is 0 Å². The largest absolute Gasteiger partial charge is 0.389 e. The summed E-state index contributed by atoms with van der Waals surface area (Å²) in [5.74, 6) is -0.279. The van der Waals surface area contributed by atoms with Gasteiger partial charge in [-0.25, -0.2) is 4.39 Å².